The van der Waals surface area contributed by atoms with Crippen LogP contribution < -0.4 is 10.1 Å². The van der Waals surface area contributed by atoms with Crippen LogP contribution in [0.3, 0.4) is 0 Å². The van der Waals surface area contributed by atoms with Crippen molar-refractivity contribution in [2.45, 2.75) is 24.8 Å². The summed E-state index contributed by atoms with van der Waals surface area (Å²) in [7, 11) is -2.08. The van der Waals surface area contributed by atoms with E-state index in [1.165, 1.54) is 16.4 Å². The molecule has 29 heavy (non-hydrogen) atoms. The molecule has 0 radical (unpaired) electrons. The van der Waals surface area contributed by atoms with Crippen molar-refractivity contribution in [1.82, 2.24) is 9.62 Å². The lowest BCUT2D eigenvalue weighted by molar-refractivity contribution is 0.0730. The number of amides is 1. The van der Waals surface area contributed by atoms with E-state index in [4.69, 9.17) is 9.47 Å². The van der Waals surface area contributed by atoms with Crippen molar-refractivity contribution < 1.29 is 22.7 Å². The molecule has 0 bridgehead atoms. The summed E-state index contributed by atoms with van der Waals surface area (Å²) in [6.45, 7) is 5.19. The van der Waals surface area contributed by atoms with Crippen LogP contribution in [0.1, 0.15) is 34.5 Å². The summed E-state index contributed by atoms with van der Waals surface area (Å²) >= 11 is 0. The van der Waals surface area contributed by atoms with E-state index in [9.17, 15) is 13.2 Å². The van der Waals surface area contributed by atoms with Crippen LogP contribution in [0.2, 0.25) is 0 Å². The predicted octanol–water partition coefficient (Wildman–Crippen LogP) is 2.52. The van der Waals surface area contributed by atoms with Gasteiger partial charge in [-0.3, -0.25) is 4.79 Å². The molecule has 1 heterocycles. The Morgan fingerprint density at radius 2 is 1.90 bits per heavy atom. The predicted molar refractivity (Wildman–Crippen MR) is 110 cm³/mol. The number of ether oxygens (including phenoxy) is 2. The number of morpholine rings is 1. The number of nitrogens with one attached hydrogen (secondary N) is 1. The highest BCUT2D eigenvalue weighted by Crippen LogP contribution is 2.26. The lowest BCUT2D eigenvalue weighted by Gasteiger charge is -2.26. The van der Waals surface area contributed by atoms with Crippen LogP contribution in [0.25, 0.3) is 0 Å². The zero-order chi connectivity index (χ0) is 21.0. The van der Waals surface area contributed by atoms with E-state index >= 15 is 0 Å². The maximum absolute atomic E-state index is 12.8. The van der Waals surface area contributed by atoms with Gasteiger partial charge in [0.1, 0.15) is 5.75 Å². The first-order chi connectivity index (χ1) is 13.8. The molecule has 7 nitrogen and oxygen atoms in total. The maximum Gasteiger partial charge on any atom is 0.251 e. The average Bonchev–Trinajstić information content (AvgIpc) is 2.74. The van der Waals surface area contributed by atoms with Crippen LogP contribution in [0.5, 0.6) is 5.75 Å². The Bertz CT molecular complexity index is 984. The minimum Gasteiger partial charge on any atom is -0.496 e. The van der Waals surface area contributed by atoms with E-state index in [1.54, 1.807) is 19.2 Å². The molecule has 1 saturated heterocycles. The molecule has 2 aromatic carbocycles. The van der Waals surface area contributed by atoms with Crippen molar-refractivity contribution >= 4 is 15.9 Å². The van der Waals surface area contributed by atoms with Gasteiger partial charge in [-0.15, -0.1) is 0 Å². The van der Waals surface area contributed by atoms with Gasteiger partial charge in [-0.1, -0.05) is 23.8 Å². The zero-order valence-corrected chi connectivity index (χ0v) is 17.7. The fourth-order valence-electron chi connectivity index (χ4n) is 3.28. The van der Waals surface area contributed by atoms with E-state index < -0.39 is 10.0 Å². The quantitative estimate of drug-likeness (QED) is 0.779. The monoisotopic (exact) mass is 418 g/mol. The van der Waals surface area contributed by atoms with Crippen molar-refractivity contribution in [2.75, 3.05) is 33.4 Å². The van der Waals surface area contributed by atoms with Gasteiger partial charge < -0.3 is 14.8 Å². The van der Waals surface area contributed by atoms with Crippen LogP contribution >= 0.6 is 0 Å². The van der Waals surface area contributed by atoms with E-state index in [1.807, 2.05) is 32.0 Å². The van der Waals surface area contributed by atoms with Crippen molar-refractivity contribution in [2.24, 2.45) is 0 Å². The van der Waals surface area contributed by atoms with Crippen molar-refractivity contribution in [3.63, 3.8) is 0 Å². The third-order valence-corrected chi connectivity index (χ3v) is 6.80. The molecule has 156 valence electrons. The Labute approximate surface area is 171 Å². The summed E-state index contributed by atoms with van der Waals surface area (Å²) in [5, 5.41) is 2.93. The number of aryl methyl sites for hydroxylation is 1. The molecule has 0 aliphatic carbocycles. The second-order valence-electron chi connectivity index (χ2n) is 6.98. The summed E-state index contributed by atoms with van der Waals surface area (Å²) in [6.07, 6.45) is 0. The fourth-order valence-corrected chi connectivity index (χ4v) is 4.74. The number of hydrogen-bond acceptors (Lipinski definition) is 5. The minimum atomic E-state index is -3.66. The van der Waals surface area contributed by atoms with Gasteiger partial charge in [0.2, 0.25) is 10.0 Å². The molecule has 1 N–H and O–H groups in total. The molecular weight excluding hydrogens is 392 g/mol. The summed E-state index contributed by atoms with van der Waals surface area (Å²) in [4.78, 5) is 12.9. The molecule has 2 aromatic rings. The highest BCUT2D eigenvalue weighted by Gasteiger charge is 2.27. The molecule has 3 rings (SSSR count). The number of carbonyl (C=O) groups is 1. The van der Waals surface area contributed by atoms with Gasteiger partial charge in [0, 0.05) is 24.2 Å². The molecule has 1 atom stereocenters. The Kier molecular flexibility index (Phi) is 6.56. The van der Waals surface area contributed by atoms with E-state index in [0.29, 0.717) is 32.1 Å². The van der Waals surface area contributed by atoms with E-state index in [-0.39, 0.29) is 22.4 Å². The van der Waals surface area contributed by atoms with Gasteiger partial charge in [0.05, 0.1) is 31.3 Å². The van der Waals surface area contributed by atoms with Gasteiger partial charge in [-0.25, -0.2) is 8.42 Å². The fraction of sp³-hybridized carbons (Fsp3) is 0.381. The van der Waals surface area contributed by atoms with E-state index in [0.717, 1.165) is 11.1 Å². The lowest BCUT2D eigenvalue weighted by atomic mass is 10.0. The van der Waals surface area contributed by atoms with Gasteiger partial charge >= 0.3 is 0 Å². The number of benzene rings is 2. The molecule has 8 heteroatoms. The standard InChI is InChI=1S/C21H26N2O5S/c1-15-7-8-20(27-3)19(13-15)16(2)22-21(24)17-5-4-6-18(14-17)29(25,26)23-9-11-28-12-10-23/h4-8,13-14,16H,9-12H2,1-3H3,(H,22,24)/t16-/m0/s1. The highest BCUT2D eigenvalue weighted by molar-refractivity contribution is 7.89. The van der Waals surface area contributed by atoms with Gasteiger partial charge in [0.15, 0.2) is 0 Å². The Balaban J connectivity index is 1.80. The summed E-state index contributed by atoms with van der Waals surface area (Å²) in [5.74, 6) is 0.340. The number of carbonyl (C=O) groups excluding carboxylic acids is 1. The van der Waals surface area contributed by atoms with Crippen LogP contribution in [0, 0.1) is 6.92 Å². The van der Waals surface area contributed by atoms with Crippen LogP contribution in [0.15, 0.2) is 47.4 Å². The van der Waals surface area contributed by atoms with Gasteiger partial charge in [-0.05, 0) is 38.1 Å². The molecule has 1 amide bonds. The summed E-state index contributed by atoms with van der Waals surface area (Å²) in [6, 6.07) is 11.6. The molecule has 0 spiro atoms. The second kappa shape index (κ2) is 8.94. The first-order valence-corrected chi connectivity index (χ1v) is 10.9. The zero-order valence-electron chi connectivity index (χ0n) is 16.8. The van der Waals surface area contributed by atoms with Gasteiger partial charge in [-0.2, -0.15) is 4.31 Å². The van der Waals surface area contributed by atoms with Crippen molar-refractivity contribution in [3.05, 3.63) is 59.2 Å². The third-order valence-electron chi connectivity index (χ3n) is 4.90. The minimum absolute atomic E-state index is 0.104. The Hall–Kier alpha value is -2.42. The number of rotatable bonds is 6. The van der Waals surface area contributed by atoms with Crippen LogP contribution in [-0.2, 0) is 14.8 Å². The van der Waals surface area contributed by atoms with Crippen LogP contribution in [-0.4, -0.2) is 52.0 Å². The Morgan fingerprint density at radius 3 is 2.59 bits per heavy atom. The van der Waals surface area contributed by atoms with E-state index in [2.05, 4.69) is 5.32 Å². The molecule has 1 aliphatic rings. The second-order valence-corrected chi connectivity index (χ2v) is 8.92. The molecule has 1 aliphatic heterocycles. The number of sulfonamides is 1. The first kappa shape index (κ1) is 21.3. The summed E-state index contributed by atoms with van der Waals surface area (Å²) in [5.41, 5.74) is 2.20. The van der Waals surface area contributed by atoms with Crippen molar-refractivity contribution in [1.29, 1.82) is 0 Å². The molecular formula is C21H26N2O5S. The average molecular weight is 419 g/mol. The number of methoxy groups -OCH3 is 1. The van der Waals surface area contributed by atoms with Crippen LogP contribution in [0.4, 0.5) is 0 Å². The molecule has 0 unspecified atom stereocenters. The number of hydrogen-bond donors (Lipinski definition) is 1. The Morgan fingerprint density at radius 1 is 1.17 bits per heavy atom. The van der Waals surface area contributed by atoms with Gasteiger partial charge in [0.25, 0.3) is 5.91 Å². The lowest BCUT2D eigenvalue weighted by Crippen LogP contribution is -2.40. The summed E-state index contributed by atoms with van der Waals surface area (Å²) < 4.78 is 37.7. The normalized spacial score (nSPS) is 16.2. The SMILES string of the molecule is COc1ccc(C)cc1[C@H](C)NC(=O)c1cccc(S(=O)(=O)N2CCOCC2)c1. The molecule has 1 fully saturated rings. The molecule has 0 saturated carbocycles. The molecule has 0 aromatic heterocycles. The smallest absolute Gasteiger partial charge is 0.251 e. The maximum atomic E-state index is 12.8. The third kappa shape index (κ3) is 4.77. The highest BCUT2D eigenvalue weighted by atomic mass is 32.2. The largest absolute Gasteiger partial charge is 0.496 e. The van der Waals surface area contributed by atoms with Crippen molar-refractivity contribution in [3.8, 4) is 5.75 Å². The topological polar surface area (TPSA) is 84.9 Å². The number of nitrogens with zero attached hydrogens (tertiary/aromatic N) is 1. The first-order valence-electron chi connectivity index (χ1n) is 9.46.